The number of rotatable bonds is 6. The van der Waals surface area contributed by atoms with Crippen LogP contribution in [0.15, 0.2) is 24.3 Å². The van der Waals surface area contributed by atoms with Gasteiger partial charge in [-0.25, -0.2) is 8.42 Å². The van der Waals surface area contributed by atoms with Crippen molar-refractivity contribution >= 4 is 9.84 Å². The fraction of sp³-hybridized carbons (Fsp3) is 0.562. The molecule has 0 unspecified atom stereocenters. The summed E-state index contributed by atoms with van der Waals surface area (Å²) in [5.74, 6) is 0.730. The van der Waals surface area contributed by atoms with E-state index in [0.29, 0.717) is 12.2 Å². The Morgan fingerprint density at radius 2 is 1.81 bits per heavy atom. The summed E-state index contributed by atoms with van der Waals surface area (Å²) >= 11 is 0. The minimum absolute atomic E-state index is 0.0810. The van der Waals surface area contributed by atoms with E-state index in [1.54, 1.807) is 12.1 Å². The van der Waals surface area contributed by atoms with Gasteiger partial charge in [0.2, 0.25) is 0 Å². The van der Waals surface area contributed by atoms with Crippen LogP contribution in [0.25, 0.3) is 0 Å². The number of ether oxygens (including phenoxy) is 1. The van der Waals surface area contributed by atoms with Gasteiger partial charge in [-0.1, -0.05) is 31.4 Å². The smallest absolute Gasteiger partial charge is 0.156 e. The maximum Gasteiger partial charge on any atom is 0.156 e. The molecule has 1 aromatic carbocycles. The van der Waals surface area contributed by atoms with E-state index in [9.17, 15) is 8.42 Å². The molecule has 0 heterocycles. The van der Waals surface area contributed by atoms with Gasteiger partial charge in [-0.2, -0.15) is 5.26 Å². The van der Waals surface area contributed by atoms with Gasteiger partial charge in [-0.05, 0) is 30.5 Å². The van der Waals surface area contributed by atoms with Gasteiger partial charge in [0, 0.05) is 0 Å². The predicted molar refractivity (Wildman–Crippen MR) is 81.9 cm³/mol. The second kappa shape index (κ2) is 7.46. The number of hydrogen-bond donors (Lipinski definition) is 0. The van der Waals surface area contributed by atoms with Crippen LogP contribution >= 0.6 is 0 Å². The molecule has 0 bridgehead atoms. The minimum Gasteiger partial charge on any atom is -0.493 e. The SMILES string of the molecule is N#CCc1ccc(OCCS(=O)(=O)C2CCCCC2)cc1. The molecule has 1 saturated carbocycles. The molecule has 114 valence electrons. The van der Waals surface area contributed by atoms with E-state index < -0.39 is 9.84 Å². The van der Waals surface area contributed by atoms with Crippen molar-refractivity contribution < 1.29 is 13.2 Å². The normalized spacial score (nSPS) is 16.3. The first-order chi connectivity index (χ1) is 10.1. The fourth-order valence-electron chi connectivity index (χ4n) is 2.66. The maximum absolute atomic E-state index is 12.2. The van der Waals surface area contributed by atoms with Crippen LogP contribution in [0, 0.1) is 11.3 Å². The molecule has 1 fully saturated rings. The van der Waals surface area contributed by atoms with Crippen molar-refractivity contribution in [3.8, 4) is 11.8 Å². The molecule has 0 aliphatic heterocycles. The van der Waals surface area contributed by atoms with Crippen LogP contribution in [0.5, 0.6) is 5.75 Å². The number of nitriles is 1. The summed E-state index contributed by atoms with van der Waals surface area (Å²) in [6.07, 6.45) is 5.15. The lowest BCUT2D eigenvalue weighted by atomic mass is 10.0. The second-order valence-corrected chi connectivity index (χ2v) is 7.85. The predicted octanol–water partition coefficient (Wildman–Crippen LogP) is 2.88. The van der Waals surface area contributed by atoms with Gasteiger partial charge in [0.25, 0.3) is 0 Å². The van der Waals surface area contributed by atoms with Crippen molar-refractivity contribution in [1.82, 2.24) is 0 Å². The first kappa shape index (κ1) is 15.8. The summed E-state index contributed by atoms with van der Waals surface area (Å²) in [5.41, 5.74) is 0.930. The molecule has 0 radical (unpaired) electrons. The van der Waals surface area contributed by atoms with Crippen LogP contribution in [0.3, 0.4) is 0 Å². The molecule has 0 saturated heterocycles. The molecule has 0 atom stereocenters. The molecule has 2 rings (SSSR count). The van der Waals surface area contributed by atoms with E-state index in [4.69, 9.17) is 10.00 Å². The topological polar surface area (TPSA) is 67.2 Å². The minimum atomic E-state index is -3.04. The Morgan fingerprint density at radius 3 is 2.43 bits per heavy atom. The van der Waals surface area contributed by atoms with Gasteiger partial charge < -0.3 is 4.74 Å². The summed E-state index contributed by atoms with van der Waals surface area (Å²) in [4.78, 5) is 0. The molecular weight excluding hydrogens is 286 g/mol. The van der Waals surface area contributed by atoms with Crippen LogP contribution < -0.4 is 4.74 Å². The third-order valence-electron chi connectivity index (χ3n) is 3.90. The van der Waals surface area contributed by atoms with E-state index in [1.165, 1.54) is 0 Å². The summed E-state index contributed by atoms with van der Waals surface area (Å²) < 4.78 is 29.9. The summed E-state index contributed by atoms with van der Waals surface area (Å²) in [6.45, 7) is 0.191. The van der Waals surface area contributed by atoms with Gasteiger partial charge in [-0.15, -0.1) is 0 Å². The summed E-state index contributed by atoms with van der Waals surface area (Å²) in [6, 6.07) is 9.29. The lowest BCUT2D eigenvalue weighted by Gasteiger charge is -2.21. The third kappa shape index (κ3) is 4.75. The quantitative estimate of drug-likeness (QED) is 0.810. The Kier molecular flexibility index (Phi) is 5.63. The summed E-state index contributed by atoms with van der Waals surface area (Å²) in [7, 11) is -3.04. The maximum atomic E-state index is 12.2. The molecule has 1 aliphatic carbocycles. The fourth-order valence-corrected chi connectivity index (χ4v) is 4.36. The lowest BCUT2D eigenvalue weighted by Crippen LogP contribution is -2.28. The molecule has 21 heavy (non-hydrogen) atoms. The molecule has 1 aliphatic rings. The molecule has 0 spiro atoms. The van der Waals surface area contributed by atoms with Crippen molar-refractivity contribution in [1.29, 1.82) is 5.26 Å². The van der Waals surface area contributed by atoms with Crippen LogP contribution in [-0.2, 0) is 16.3 Å². The van der Waals surface area contributed by atoms with E-state index in [2.05, 4.69) is 6.07 Å². The highest BCUT2D eigenvalue weighted by Crippen LogP contribution is 2.24. The van der Waals surface area contributed by atoms with Crippen LogP contribution in [-0.4, -0.2) is 26.0 Å². The number of nitrogens with zero attached hydrogens (tertiary/aromatic N) is 1. The Balaban J connectivity index is 1.81. The molecule has 0 aromatic heterocycles. The van der Waals surface area contributed by atoms with Crippen molar-refractivity contribution in [2.24, 2.45) is 0 Å². The second-order valence-electron chi connectivity index (χ2n) is 5.45. The lowest BCUT2D eigenvalue weighted by molar-refractivity contribution is 0.339. The van der Waals surface area contributed by atoms with E-state index >= 15 is 0 Å². The number of benzene rings is 1. The molecule has 4 nitrogen and oxygen atoms in total. The summed E-state index contributed by atoms with van der Waals surface area (Å²) in [5, 5.41) is 8.42. The third-order valence-corrected chi connectivity index (χ3v) is 6.13. The van der Waals surface area contributed by atoms with Gasteiger partial charge in [0.05, 0.1) is 23.5 Å². The Labute approximate surface area is 126 Å². The first-order valence-corrected chi connectivity index (χ1v) is 9.13. The Morgan fingerprint density at radius 1 is 1.14 bits per heavy atom. The average Bonchev–Trinajstić information content (AvgIpc) is 2.50. The standard InChI is InChI=1S/C16H21NO3S/c17-11-10-14-6-8-15(9-7-14)20-12-13-21(18,19)16-4-2-1-3-5-16/h6-9,16H,1-5,10,12-13H2. The zero-order valence-corrected chi connectivity index (χ0v) is 12.9. The molecule has 5 heteroatoms. The van der Waals surface area contributed by atoms with Crippen LogP contribution in [0.4, 0.5) is 0 Å². The first-order valence-electron chi connectivity index (χ1n) is 7.42. The van der Waals surface area contributed by atoms with Crippen molar-refractivity contribution in [2.45, 2.75) is 43.8 Å². The molecular formula is C16H21NO3S. The highest BCUT2D eigenvalue weighted by molar-refractivity contribution is 7.92. The zero-order valence-electron chi connectivity index (χ0n) is 12.1. The van der Waals surface area contributed by atoms with Gasteiger partial charge >= 0.3 is 0 Å². The van der Waals surface area contributed by atoms with Crippen LogP contribution in [0.2, 0.25) is 0 Å². The van der Waals surface area contributed by atoms with Gasteiger partial charge in [0.15, 0.2) is 9.84 Å². The van der Waals surface area contributed by atoms with Gasteiger partial charge in [-0.3, -0.25) is 0 Å². The Hall–Kier alpha value is -1.54. The molecule has 0 N–H and O–H groups in total. The monoisotopic (exact) mass is 307 g/mol. The van der Waals surface area contributed by atoms with Crippen molar-refractivity contribution in [2.75, 3.05) is 12.4 Å². The number of sulfone groups is 1. The number of hydrogen-bond acceptors (Lipinski definition) is 4. The highest BCUT2D eigenvalue weighted by Gasteiger charge is 2.26. The van der Waals surface area contributed by atoms with Gasteiger partial charge in [0.1, 0.15) is 12.4 Å². The van der Waals surface area contributed by atoms with Crippen LogP contribution in [0.1, 0.15) is 37.7 Å². The van der Waals surface area contributed by atoms with E-state index in [-0.39, 0.29) is 17.6 Å². The van der Waals surface area contributed by atoms with Crippen molar-refractivity contribution in [3.05, 3.63) is 29.8 Å². The molecule has 0 amide bonds. The molecule has 1 aromatic rings. The van der Waals surface area contributed by atoms with E-state index in [0.717, 1.165) is 37.7 Å². The Bertz CT molecular complexity index is 581. The largest absolute Gasteiger partial charge is 0.493 e. The van der Waals surface area contributed by atoms with Crippen molar-refractivity contribution in [3.63, 3.8) is 0 Å². The zero-order chi connectivity index (χ0) is 15.1. The highest BCUT2D eigenvalue weighted by atomic mass is 32.2. The average molecular weight is 307 g/mol. The van der Waals surface area contributed by atoms with E-state index in [1.807, 2.05) is 12.1 Å².